The number of likely N-dealkylation sites (tertiary alicyclic amines) is 1. The number of rotatable bonds is 1. The summed E-state index contributed by atoms with van der Waals surface area (Å²) in [5, 5.41) is 9.46. The topological polar surface area (TPSA) is 23.5 Å². The first-order valence-corrected chi connectivity index (χ1v) is 6.18. The number of aliphatic hydroxyl groups excluding tert-OH is 1. The van der Waals surface area contributed by atoms with Gasteiger partial charge in [-0.3, -0.25) is 0 Å². The molecule has 0 aromatic rings. The third-order valence-electron chi connectivity index (χ3n) is 3.87. The Morgan fingerprint density at radius 2 is 1.79 bits per heavy atom. The van der Waals surface area contributed by atoms with Crippen LogP contribution in [0.5, 0.6) is 0 Å². The van der Waals surface area contributed by atoms with Crippen molar-refractivity contribution in [3.63, 3.8) is 0 Å². The molecule has 0 radical (unpaired) electrons. The zero-order valence-electron chi connectivity index (χ0n) is 9.28. The van der Waals surface area contributed by atoms with Crippen LogP contribution in [0.2, 0.25) is 0 Å². The van der Waals surface area contributed by atoms with Crippen LogP contribution in [0.1, 0.15) is 45.4 Å². The van der Waals surface area contributed by atoms with E-state index in [1.807, 2.05) is 0 Å². The molecule has 82 valence electrons. The number of hydrogen-bond donors (Lipinski definition) is 1. The van der Waals surface area contributed by atoms with Crippen molar-refractivity contribution in [1.29, 1.82) is 0 Å². The summed E-state index contributed by atoms with van der Waals surface area (Å²) in [6.07, 6.45) is 7.26. The molecule has 1 aliphatic carbocycles. The van der Waals surface area contributed by atoms with Crippen LogP contribution in [0.15, 0.2) is 0 Å². The fourth-order valence-electron chi connectivity index (χ4n) is 2.98. The van der Waals surface area contributed by atoms with Gasteiger partial charge in [-0.15, -0.1) is 0 Å². The number of aliphatic hydroxyl groups is 1. The first-order valence-electron chi connectivity index (χ1n) is 6.18. The molecule has 0 aromatic heterocycles. The van der Waals surface area contributed by atoms with Crippen molar-refractivity contribution in [2.24, 2.45) is 5.92 Å². The summed E-state index contributed by atoms with van der Waals surface area (Å²) in [6.45, 7) is 4.95. The van der Waals surface area contributed by atoms with Crippen LogP contribution in [0, 0.1) is 5.92 Å². The van der Waals surface area contributed by atoms with E-state index in [1.54, 1.807) is 0 Å². The van der Waals surface area contributed by atoms with Crippen molar-refractivity contribution < 1.29 is 5.11 Å². The van der Waals surface area contributed by atoms with E-state index in [1.165, 1.54) is 38.8 Å². The Balaban J connectivity index is 1.82. The van der Waals surface area contributed by atoms with Gasteiger partial charge in [-0.1, -0.05) is 6.92 Å². The van der Waals surface area contributed by atoms with Crippen LogP contribution in [0.4, 0.5) is 0 Å². The fourth-order valence-corrected chi connectivity index (χ4v) is 2.98. The minimum Gasteiger partial charge on any atom is -0.393 e. The van der Waals surface area contributed by atoms with Crippen LogP contribution in [-0.4, -0.2) is 35.2 Å². The quantitative estimate of drug-likeness (QED) is 0.695. The molecule has 1 heterocycles. The molecule has 1 atom stereocenters. The molecule has 1 saturated carbocycles. The van der Waals surface area contributed by atoms with Crippen LogP contribution in [0.3, 0.4) is 0 Å². The second-order valence-electron chi connectivity index (χ2n) is 5.20. The van der Waals surface area contributed by atoms with Gasteiger partial charge in [0.05, 0.1) is 6.10 Å². The van der Waals surface area contributed by atoms with Crippen molar-refractivity contribution in [2.75, 3.05) is 13.1 Å². The highest BCUT2D eigenvalue weighted by Crippen LogP contribution is 2.26. The first kappa shape index (κ1) is 10.4. The molecule has 0 aromatic carbocycles. The van der Waals surface area contributed by atoms with E-state index in [0.29, 0.717) is 0 Å². The predicted molar refractivity (Wildman–Crippen MR) is 58.2 cm³/mol. The molecule has 0 bridgehead atoms. The van der Waals surface area contributed by atoms with Gasteiger partial charge in [0.25, 0.3) is 0 Å². The fraction of sp³-hybridized carbons (Fsp3) is 1.00. The van der Waals surface area contributed by atoms with Crippen molar-refractivity contribution in [1.82, 2.24) is 4.90 Å². The third kappa shape index (κ3) is 2.48. The summed E-state index contributed by atoms with van der Waals surface area (Å²) >= 11 is 0. The lowest BCUT2D eigenvalue weighted by Gasteiger charge is -2.40. The van der Waals surface area contributed by atoms with Gasteiger partial charge in [0.1, 0.15) is 0 Å². The summed E-state index contributed by atoms with van der Waals surface area (Å²) in [6, 6.07) is 0.779. The van der Waals surface area contributed by atoms with Crippen LogP contribution >= 0.6 is 0 Å². The average Bonchev–Trinajstić information content (AvgIpc) is 2.19. The van der Waals surface area contributed by atoms with Crippen molar-refractivity contribution in [2.45, 2.75) is 57.6 Å². The number of nitrogens with zero attached hydrogens (tertiary/aromatic N) is 1. The maximum atomic E-state index is 9.46. The van der Waals surface area contributed by atoms with E-state index in [0.717, 1.165) is 24.8 Å². The lowest BCUT2D eigenvalue weighted by Crippen LogP contribution is -2.44. The van der Waals surface area contributed by atoms with Gasteiger partial charge in [0.15, 0.2) is 0 Å². The summed E-state index contributed by atoms with van der Waals surface area (Å²) in [4.78, 5) is 2.67. The zero-order valence-corrected chi connectivity index (χ0v) is 9.28. The summed E-state index contributed by atoms with van der Waals surface area (Å²) in [5.74, 6) is 0.885. The molecule has 1 N–H and O–H groups in total. The Bertz CT molecular complexity index is 175. The largest absolute Gasteiger partial charge is 0.393 e. The molecule has 1 saturated heterocycles. The van der Waals surface area contributed by atoms with E-state index >= 15 is 0 Å². The molecule has 2 fully saturated rings. The van der Waals surface area contributed by atoms with Crippen molar-refractivity contribution in [3.05, 3.63) is 0 Å². The first-order chi connectivity index (χ1) is 6.75. The van der Waals surface area contributed by atoms with Gasteiger partial charge in [0.2, 0.25) is 0 Å². The summed E-state index contributed by atoms with van der Waals surface area (Å²) < 4.78 is 0. The normalized spacial score (nSPS) is 41.1. The van der Waals surface area contributed by atoms with Gasteiger partial charge >= 0.3 is 0 Å². The van der Waals surface area contributed by atoms with Crippen LogP contribution in [0.25, 0.3) is 0 Å². The maximum absolute atomic E-state index is 9.46. The molecule has 1 aliphatic heterocycles. The lowest BCUT2D eigenvalue weighted by molar-refractivity contribution is 0.0541. The highest BCUT2D eigenvalue weighted by atomic mass is 16.3. The van der Waals surface area contributed by atoms with Crippen LogP contribution < -0.4 is 0 Å². The third-order valence-corrected chi connectivity index (χ3v) is 3.87. The van der Waals surface area contributed by atoms with E-state index in [4.69, 9.17) is 0 Å². The van der Waals surface area contributed by atoms with E-state index in [2.05, 4.69) is 11.8 Å². The second kappa shape index (κ2) is 4.63. The van der Waals surface area contributed by atoms with Crippen LogP contribution in [-0.2, 0) is 0 Å². The Morgan fingerprint density at radius 3 is 2.43 bits per heavy atom. The van der Waals surface area contributed by atoms with E-state index < -0.39 is 0 Å². The van der Waals surface area contributed by atoms with Gasteiger partial charge in [-0.2, -0.15) is 0 Å². The summed E-state index contributed by atoms with van der Waals surface area (Å²) in [7, 11) is 0. The Morgan fingerprint density at radius 1 is 1.07 bits per heavy atom. The molecule has 14 heavy (non-hydrogen) atoms. The lowest BCUT2D eigenvalue weighted by atomic mass is 9.89. The van der Waals surface area contributed by atoms with Gasteiger partial charge in [0, 0.05) is 12.6 Å². The molecular weight excluding hydrogens is 174 g/mol. The molecular formula is C12H23NO. The SMILES string of the molecule is C[C@@H]1CCCN(C2CCC(O)CC2)C1. The number of piperidine rings is 1. The highest BCUT2D eigenvalue weighted by molar-refractivity contribution is 4.82. The van der Waals surface area contributed by atoms with Crippen molar-refractivity contribution >= 4 is 0 Å². The molecule has 2 rings (SSSR count). The second-order valence-corrected chi connectivity index (χ2v) is 5.20. The molecule has 0 amide bonds. The van der Waals surface area contributed by atoms with Crippen molar-refractivity contribution in [3.8, 4) is 0 Å². The minimum atomic E-state index is -0.00605. The minimum absolute atomic E-state index is 0.00605. The highest BCUT2D eigenvalue weighted by Gasteiger charge is 2.27. The van der Waals surface area contributed by atoms with Gasteiger partial charge in [-0.05, 0) is 51.0 Å². The average molecular weight is 197 g/mol. The molecule has 2 heteroatoms. The summed E-state index contributed by atoms with van der Waals surface area (Å²) in [5.41, 5.74) is 0. The molecule has 2 aliphatic rings. The Hall–Kier alpha value is -0.0800. The zero-order chi connectivity index (χ0) is 9.97. The molecule has 0 unspecified atom stereocenters. The molecule has 2 nitrogen and oxygen atoms in total. The number of hydrogen-bond acceptors (Lipinski definition) is 2. The monoisotopic (exact) mass is 197 g/mol. The Kier molecular flexibility index (Phi) is 3.45. The van der Waals surface area contributed by atoms with Gasteiger partial charge in [-0.25, -0.2) is 0 Å². The van der Waals surface area contributed by atoms with Gasteiger partial charge < -0.3 is 10.0 Å². The van der Waals surface area contributed by atoms with E-state index in [9.17, 15) is 5.11 Å². The standard InChI is InChI=1S/C12H23NO/c1-10-3-2-8-13(9-10)11-4-6-12(14)7-5-11/h10-12,14H,2-9H2,1H3/t10-,11?,12?/m1/s1. The smallest absolute Gasteiger partial charge is 0.0541 e. The predicted octanol–water partition coefficient (Wildman–Crippen LogP) is 2.02. The Labute approximate surface area is 87.3 Å². The maximum Gasteiger partial charge on any atom is 0.0541 e. The molecule has 0 spiro atoms. The van der Waals surface area contributed by atoms with E-state index in [-0.39, 0.29) is 6.10 Å².